The lowest BCUT2D eigenvalue weighted by molar-refractivity contribution is 0.0730. The van der Waals surface area contributed by atoms with Crippen molar-refractivity contribution in [2.45, 2.75) is 31.2 Å². The van der Waals surface area contributed by atoms with Gasteiger partial charge in [0.25, 0.3) is 10.9 Å². The fourth-order valence-corrected chi connectivity index (χ4v) is 4.81. The molecule has 34 heavy (non-hydrogen) atoms. The van der Waals surface area contributed by atoms with E-state index in [1.165, 1.54) is 22.6 Å². The summed E-state index contributed by atoms with van der Waals surface area (Å²) >= 11 is 0. The second kappa shape index (κ2) is 9.12. The monoisotopic (exact) mass is 486 g/mol. The highest BCUT2D eigenvalue weighted by molar-refractivity contribution is 7.89. The maximum absolute atomic E-state index is 12.8. The molecule has 1 aromatic heterocycles. The molecule has 1 aliphatic heterocycles. The zero-order valence-electron chi connectivity index (χ0n) is 19.1. The quantitative estimate of drug-likeness (QED) is 0.423. The van der Waals surface area contributed by atoms with Crippen molar-refractivity contribution in [3.63, 3.8) is 0 Å². The number of nitrogens with one attached hydrogen (secondary N) is 3. The minimum Gasteiger partial charge on any atom is -0.379 e. The Labute approximate surface area is 196 Å². The fraction of sp³-hybridized carbons (Fsp3) is 0.364. The van der Waals surface area contributed by atoms with Gasteiger partial charge in [0.05, 0.1) is 18.1 Å². The summed E-state index contributed by atoms with van der Waals surface area (Å²) in [5.41, 5.74) is -0.612. The minimum atomic E-state index is -3.58. The molecular formula is C22H26N6O5S. The number of benzene rings is 1. The van der Waals surface area contributed by atoms with Gasteiger partial charge in [-0.05, 0) is 51.1 Å². The van der Waals surface area contributed by atoms with E-state index in [2.05, 4.69) is 25.9 Å². The highest BCUT2D eigenvalue weighted by Gasteiger charge is 2.26. The van der Waals surface area contributed by atoms with Crippen LogP contribution >= 0.6 is 0 Å². The molecule has 2 heterocycles. The van der Waals surface area contributed by atoms with Crippen molar-refractivity contribution in [1.29, 1.82) is 0 Å². The molecule has 0 radical (unpaired) electrons. The number of hydrogen-bond donors (Lipinski definition) is 3. The summed E-state index contributed by atoms with van der Waals surface area (Å²) in [6, 6.07) is 7.85. The number of nitrogens with zero attached hydrogens (tertiary/aromatic N) is 3. The lowest BCUT2D eigenvalue weighted by atomic mass is 10.1. The van der Waals surface area contributed by atoms with Crippen LogP contribution < -0.4 is 26.8 Å². The Morgan fingerprint density at radius 2 is 1.59 bits per heavy atom. The predicted molar refractivity (Wildman–Crippen MR) is 129 cm³/mol. The van der Waals surface area contributed by atoms with Gasteiger partial charge < -0.3 is 20.7 Å². The van der Waals surface area contributed by atoms with Crippen molar-refractivity contribution in [1.82, 2.24) is 14.3 Å². The van der Waals surface area contributed by atoms with E-state index in [1.54, 1.807) is 18.2 Å². The van der Waals surface area contributed by atoms with Gasteiger partial charge in [-0.15, -0.1) is 0 Å². The van der Waals surface area contributed by atoms with Gasteiger partial charge in [0.15, 0.2) is 0 Å². The van der Waals surface area contributed by atoms with Crippen molar-refractivity contribution < 1.29 is 13.2 Å². The molecular weight excluding hydrogens is 460 g/mol. The van der Waals surface area contributed by atoms with Crippen molar-refractivity contribution in [3.8, 4) is 0 Å². The number of aromatic nitrogens is 2. The molecule has 4 rings (SSSR count). The Morgan fingerprint density at radius 1 is 0.941 bits per heavy atom. The molecule has 0 atom stereocenters. The van der Waals surface area contributed by atoms with E-state index in [0.29, 0.717) is 37.8 Å². The Morgan fingerprint density at radius 3 is 2.24 bits per heavy atom. The smallest absolute Gasteiger partial charge is 0.253 e. The van der Waals surface area contributed by atoms with E-state index in [0.717, 1.165) is 0 Å². The average Bonchev–Trinajstić information content (AvgIpc) is 2.81. The SMILES string of the molecule is CC(C)(C)Nc1c(Nc2ccnc(Nc3ccc(S(=O)(=O)N4CCOCC4)cc3)n2)c(=O)c1=O. The molecule has 0 saturated carbocycles. The first kappa shape index (κ1) is 23.8. The van der Waals surface area contributed by atoms with Crippen molar-refractivity contribution in [2.24, 2.45) is 0 Å². The molecule has 0 aliphatic carbocycles. The molecule has 1 saturated heterocycles. The molecule has 3 N–H and O–H groups in total. The molecule has 1 fully saturated rings. The minimum absolute atomic E-state index is 0.155. The Balaban J connectivity index is 1.47. The maximum atomic E-state index is 12.8. The Hall–Kier alpha value is -3.35. The topological polar surface area (TPSA) is 143 Å². The predicted octanol–water partition coefficient (Wildman–Crippen LogP) is 1.79. The molecule has 180 valence electrons. The van der Waals surface area contributed by atoms with E-state index in [-0.39, 0.29) is 22.2 Å². The van der Waals surface area contributed by atoms with E-state index < -0.39 is 26.4 Å². The van der Waals surface area contributed by atoms with Gasteiger partial charge in [-0.1, -0.05) is 0 Å². The first-order chi connectivity index (χ1) is 16.0. The van der Waals surface area contributed by atoms with Crippen molar-refractivity contribution in [2.75, 3.05) is 42.3 Å². The van der Waals surface area contributed by atoms with Gasteiger partial charge in [-0.2, -0.15) is 9.29 Å². The molecule has 11 nitrogen and oxygen atoms in total. The van der Waals surface area contributed by atoms with Crippen LogP contribution in [0, 0.1) is 0 Å². The molecule has 0 unspecified atom stereocenters. The molecule has 0 amide bonds. The molecule has 0 bridgehead atoms. The number of rotatable bonds is 7. The lowest BCUT2D eigenvalue weighted by Crippen LogP contribution is -2.41. The van der Waals surface area contributed by atoms with Gasteiger partial charge in [-0.3, -0.25) is 9.59 Å². The van der Waals surface area contributed by atoms with Gasteiger partial charge in [0.1, 0.15) is 17.2 Å². The van der Waals surface area contributed by atoms with Gasteiger partial charge in [0, 0.05) is 30.5 Å². The Kier molecular flexibility index (Phi) is 6.39. The maximum Gasteiger partial charge on any atom is 0.253 e. The highest BCUT2D eigenvalue weighted by Crippen LogP contribution is 2.24. The largest absolute Gasteiger partial charge is 0.379 e. The molecule has 2 aromatic carbocycles. The zero-order valence-corrected chi connectivity index (χ0v) is 19.9. The normalized spacial score (nSPS) is 15.3. The van der Waals surface area contributed by atoms with Crippen LogP contribution in [-0.2, 0) is 14.8 Å². The fourth-order valence-electron chi connectivity index (χ4n) is 3.40. The summed E-state index contributed by atoms with van der Waals surface area (Å²) in [5, 5.41) is 8.92. The van der Waals surface area contributed by atoms with Crippen LogP contribution in [0.1, 0.15) is 20.8 Å². The number of ether oxygens (including phenoxy) is 1. The van der Waals surface area contributed by atoms with Crippen LogP contribution in [0.4, 0.5) is 28.8 Å². The summed E-state index contributed by atoms with van der Waals surface area (Å²) < 4.78 is 32.1. The standard InChI is InChI=1S/C22H26N6O5S/c1-22(2,3)27-18-17(19(29)20(18)30)25-16-8-9-23-21(26-16)24-14-4-6-15(7-5-14)34(31,32)28-10-12-33-13-11-28/h4-9,27H,10-13H2,1-3H3,(H2,23,24,25,26). The van der Waals surface area contributed by atoms with E-state index >= 15 is 0 Å². The lowest BCUT2D eigenvalue weighted by Gasteiger charge is -2.26. The highest BCUT2D eigenvalue weighted by atomic mass is 32.2. The third-order valence-corrected chi connectivity index (χ3v) is 6.95. The van der Waals surface area contributed by atoms with E-state index in [1.807, 2.05) is 20.8 Å². The first-order valence-corrected chi connectivity index (χ1v) is 12.2. The number of sulfonamides is 1. The summed E-state index contributed by atoms with van der Waals surface area (Å²) in [5.74, 6) is 0.561. The van der Waals surface area contributed by atoms with Crippen LogP contribution in [0.5, 0.6) is 0 Å². The number of morpholine rings is 1. The molecule has 3 aromatic rings. The second-order valence-corrected chi connectivity index (χ2v) is 10.8. The van der Waals surface area contributed by atoms with E-state index in [4.69, 9.17) is 4.74 Å². The second-order valence-electron chi connectivity index (χ2n) is 8.84. The summed E-state index contributed by atoms with van der Waals surface area (Å²) in [4.78, 5) is 32.6. The van der Waals surface area contributed by atoms with Crippen LogP contribution in [0.25, 0.3) is 0 Å². The van der Waals surface area contributed by atoms with Gasteiger partial charge in [-0.25, -0.2) is 13.4 Å². The third kappa shape index (κ3) is 5.08. The molecule has 1 aliphatic rings. The van der Waals surface area contributed by atoms with Crippen molar-refractivity contribution >= 4 is 38.9 Å². The molecule has 0 spiro atoms. The van der Waals surface area contributed by atoms with E-state index in [9.17, 15) is 18.0 Å². The van der Waals surface area contributed by atoms with Gasteiger partial charge >= 0.3 is 0 Å². The van der Waals surface area contributed by atoms with Crippen LogP contribution in [-0.4, -0.2) is 54.5 Å². The zero-order chi connectivity index (χ0) is 24.5. The average molecular weight is 487 g/mol. The number of hydrogen-bond acceptors (Lipinski definition) is 10. The Bertz CT molecular complexity index is 1350. The number of anilines is 5. The summed E-state index contributed by atoms with van der Waals surface area (Å²) in [7, 11) is -3.58. The van der Waals surface area contributed by atoms with Crippen LogP contribution in [0.15, 0.2) is 51.0 Å². The van der Waals surface area contributed by atoms with Crippen LogP contribution in [0.3, 0.4) is 0 Å². The molecule has 12 heteroatoms. The van der Waals surface area contributed by atoms with Crippen molar-refractivity contribution in [3.05, 3.63) is 57.0 Å². The summed E-state index contributed by atoms with van der Waals surface area (Å²) in [6.45, 7) is 7.07. The third-order valence-electron chi connectivity index (χ3n) is 5.04. The first-order valence-electron chi connectivity index (χ1n) is 10.7. The van der Waals surface area contributed by atoms with Crippen LogP contribution in [0.2, 0.25) is 0 Å². The van der Waals surface area contributed by atoms with Gasteiger partial charge in [0.2, 0.25) is 16.0 Å². The summed E-state index contributed by atoms with van der Waals surface area (Å²) in [6.07, 6.45) is 1.50.